The molecule has 0 spiro atoms. The number of ether oxygens (including phenoxy) is 1. The highest BCUT2D eigenvalue weighted by Gasteiger charge is 2.19. The molecule has 0 bridgehead atoms. The molecule has 1 atom stereocenters. The number of halogens is 2. The van der Waals surface area contributed by atoms with E-state index in [1.54, 1.807) is 13.8 Å². The van der Waals surface area contributed by atoms with Crippen LogP contribution in [0.1, 0.15) is 22.8 Å². The maximum absolute atomic E-state index is 12.1. The maximum Gasteiger partial charge on any atom is 0.261 e. The minimum Gasteiger partial charge on any atom is -0.380 e. The molecule has 1 amide bonds. The molecule has 0 heterocycles. The Balaban J connectivity index is 3.11. The highest BCUT2D eigenvalue weighted by Crippen LogP contribution is 2.26. The number of hydrogen-bond acceptors (Lipinski definition) is 4. The van der Waals surface area contributed by atoms with E-state index in [0.717, 1.165) is 0 Å². The number of nitrogens with one attached hydrogen (secondary N) is 1. The van der Waals surface area contributed by atoms with Crippen molar-refractivity contribution in [2.45, 2.75) is 24.8 Å². The lowest BCUT2D eigenvalue weighted by atomic mass is 10.1. The zero-order chi connectivity index (χ0) is 15.5. The van der Waals surface area contributed by atoms with E-state index in [0.29, 0.717) is 12.1 Å². The van der Waals surface area contributed by atoms with Gasteiger partial charge in [-0.3, -0.25) is 4.79 Å². The van der Waals surface area contributed by atoms with Crippen LogP contribution < -0.4 is 5.32 Å². The van der Waals surface area contributed by atoms with E-state index >= 15 is 0 Å². The summed E-state index contributed by atoms with van der Waals surface area (Å²) in [6.45, 7) is 3.71. The van der Waals surface area contributed by atoms with Crippen LogP contribution in [0.15, 0.2) is 17.0 Å². The van der Waals surface area contributed by atoms with Crippen molar-refractivity contribution < 1.29 is 17.9 Å². The molecule has 1 aromatic carbocycles. The van der Waals surface area contributed by atoms with Crippen molar-refractivity contribution in [3.05, 3.63) is 28.3 Å². The summed E-state index contributed by atoms with van der Waals surface area (Å²) in [4.78, 5) is 11.8. The second-order valence-electron chi connectivity index (χ2n) is 4.27. The van der Waals surface area contributed by atoms with Crippen LogP contribution in [-0.4, -0.2) is 34.1 Å². The fourth-order valence-corrected chi connectivity index (χ4v) is 2.51. The molecule has 0 aliphatic heterocycles. The van der Waals surface area contributed by atoms with Gasteiger partial charge in [-0.25, -0.2) is 8.42 Å². The highest BCUT2D eigenvalue weighted by atomic mass is 35.7. The van der Waals surface area contributed by atoms with Gasteiger partial charge in [-0.15, -0.1) is 0 Å². The maximum atomic E-state index is 12.1. The second-order valence-corrected chi connectivity index (χ2v) is 7.24. The first kappa shape index (κ1) is 17.2. The summed E-state index contributed by atoms with van der Waals surface area (Å²) >= 11 is 5.93. The summed E-state index contributed by atoms with van der Waals surface area (Å²) in [6.07, 6.45) is -0.158. The smallest absolute Gasteiger partial charge is 0.261 e. The van der Waals surface area contributed by atoms with E-state index in [2.05, 4.69) is 5.32 Å². The Morgan fingerprint density at radius 1 is 1.45 bits per heavy atom. The van der Waals surface area contributed by atoms with Crippen molar-refractivity contribution in [3.63, 3.8) is 0 Å². The van der Waals surface area contributed by atoms with E-state index < -0.39 is 15.0 Å². The fourth-order valence-electron chi connectivity index (χ4n) is 1.45. The molecule has 0 saturated carbocycles. The number of hydrogen-bond donors (Lipinski definition) is 1. The first-order valence-corrected chi connectivity index (χ1v) is 8.41. The standard InChI is InChI=1S/C12H15Cl2NO4S/c1-7(19-3)6-15-12(16)10-4-9(20(14,17)18)5-11(13)8(10)2/h4-5,7H,6H2,1-3H3,(H,15,16). The summed E-state index contributed by atoms with van der Waals surface area (Å²) in [7, 11) is 2.85. The van der Waals surface area contributed by atoms with Gasteiger partial charge in [-0.05, 0) is 31.5 Å². The fraction of sp³-hybridized carbons (Fsp3) is 0.417. The molecule has 0 saturated heterocycles. The molecule has 8 heteroatoms. The Morgan fingerprint density at radius 3 is 2.55 bits per heavy atom. The first-order chi connectivity index (χ1) is 9.16. The number of carbonyl (C=O) groups excluding carboxylic acids is 1. The van der Waals surface area contributed by atoms with Crippen LogP contribution >= 0.6 is 22.3 Å². The SMILES string of the molecule is COC(C)CNC(=O)c1cc(S(=O)(=O)Cl)cc(Cl)c1C. The van der Waals surface area contributed by atoms with Gasteiger partial charge in [0, 0.05) is 34.9 Å². The third-order valence-corrected chi connectivity index (χ3v) is 4.52. The number of rotatable bonds is 5. The molecule has 0 fully saturated rings. The van der Waals surface area contributed by atoms with Crippen molar-refractivity contribution in [3.8, 4) is 0 Å². The molecule has 1 unspecified atom stereocenters. The monoisotopic (exact) mass is 339 g/mol. The molecule has 1 aromatic rings. The molecule has 0 radical (unpaired) electrons. The zero-order valence-electron chi connectivity index (χ0n) is 11.2. The minimum absolute atomic E-state index is 0.158. The van der Waals surface area contributed by atoms with E-state index in [9.17, 15) is 13.2 Å². The molecule has 112 valence electrons. The average molecular weight is 340 g/mol. The summed E-state index contributed by atoms with van der Waals surface area (Å²) in [6, 6.07) is 2.42. The molecule has 0 aliphatic rings. The van der Waals surface area contributed by atoms with Gasteiger partial charge in [0.2, 0.25) is 0 Å². The Bertz CT molecular complexity index is 616. The number of carbonyl (C=O) groups is 1. The van der Waals surface area contributed by atoms with Gasteiger partial charge >= 0.3 is 0 Å². The third-order valence-electron chi connectivity index (χ3n) is 2.80. The number of benzene rings is 1. The van der Waals surface area contributed by atoms with Crippen LogP contribution in [0, 0.1) is 6.92 Å². The van der Waals surface area contributed by atoms with Gasteiger partial charge in [0.05, 0.1) is 11.0 Å². The lowest BCUT2D eigenvalue weighted by Gasteiger charge is -2.13. The van der Waals surface area contributed by atoms with Crippen LogP contribution in [0.4, 0.5) is 0 Å². The van der Waals surface area contributed by atoms with Gasteiger partial charge in [0.15, 0.2) is 0 Å². The number of methoxy groups -OCH3 is 1. The van der Waals surface area contributed by atoms with Gasteiger partial charge in [0.25, 0.3) is 15.0 Å². The van der Waals surface area contributed by atoms with Crippen LogP contribution in [0.5, 0.6) is 0 Å². The van der Waals surface area contributed by atoms with Crippen molar-refractivity contribution in [2.75, 3.05) is 13.7 Å². The van der Waals surface area contributed by atoms with Crippen molar-refractivity contribution in [2.24, 2.45) is 0 Å². The van der Waals surface area contributed by atoms with Crippen LogP contribution in [0.25, 0.3) is 0 Å². The van der Waals surface area contributed by atoms with Crippen molar-refractivity contribution >= 4 is 37.2 Å². The largest absolute Gasteiger partial charge is 0.380 e. The first-order valence-electron chi connectivity index (χ1n) is 5.72. The van der Waals surface area contributed by atoms with E-state index in [-0.39, 0.29) is 21.6 Å². The summed E-state index contributed by atoms with van der Waals surface area (Å²) in [5.41, 5.74) is 0.651. The third kappa shape index (κ3) is 4.34. The van der Waals surface area contributed by atoms with Crippen LogP contribution in [0.3, 0.4) is 0 Å². The molecule has 0 aromatic heterocycles. The molecule has 5 nitrogen and oxygen atoms in total. The molecule has 0 aliphatic carbocycles. The Kier molecular flexibility index (Phi) is 5.82. The quantitative estimate of drug-likeness (QED) is 0.835. The zero-order valence-corrected chi connectivity index (χ0v) is 13.6. The van der Waals surface area contributed by atoms with Gasteiger partial charge in [-0.2, -0.15) is 0 Å². The summed E-state index contributed by atoms with van der Waals surface area (Å²) in [5, 5.41) is 2.80. The van der Waals surface area contributed by atoms with Gasteiger partial charge in [-0.1, -0.05) is 11.6 Å². The number of amides is 1. The average Bonchev–Trinajstić information content (AvgIpc) is 2.37. The topological polar surface area (TPSA) is 72.5 Å². The molecular weight excluding hydrogens is 325 g/mol. The van der Waals surface area contributed by atoms with Crippen LogP contribution in [-0.2, 0) is 13.8 Å². The normalized spacial score (nSPS) is 13.1. The molecule has 20 heavy (non-hydrogen) atoms. The Hall–Kier alpha value is -0.820. The predicted octanol–water partition coefficient (Wildman–Crippen LogP) is 2.34. The molecule has 1 rings (SSSR count). The highest BCUT2D eigenvalue weighted by molar-refractivity contribution is 8.13. The predicted molar refractivity (Wildman–Crippen MR) is 78.0 cm³/mol. The lowest BCUT2D eigenvalue weighted by Crippen LogP contribution is -2.32. The minimum atomic E-state index is -3.95. The van der Waals surface area contributed by atoms with Gasteiger partial charge in [0.1, 0.15) is 0 Å². The summed E-state index contributed by atoms with van der Waals surface area (Å²) < 4.78 is 27.7. The molecule has 1 N–H and O–H groups in total. The lowest BCUT2D eigenvalue weighted by molar-refractivity contribution is 0.0869. The Labute approximate surface area is 127 Å². The van der Waals surface area contributed by atoms with Crippen molar-refractivity contribution in [1.82, 2.24) is 5.32 Å². The molecular formula is C12H15Cl2NO4S. The van der Waals surface area contributed by atoms with E-state index in [4.69, 9.17) is 27.0 Å². The Morgan fingerprint density at radius 2 is 2.05 bits per heavy atom. The van der Waals surface area contributed by atoms with E-state index in [1.165, 1.54) is 19.2 Å². The van der Waals surface area contributed by atoms with Gasteiger partial charge < -0.3 is 10.1 Å². The van der Waals surface area contributed by atoms with E-state index in [1.807, 2.05) is 0 Å². The second kappa shape index (κ2) is 6.76. The summed E-state index contributed by atoms with van der Waals surface area (Å²) in [5.74, 6) is -0.435. The van der Waals surface area contributed by atoms with Crippen molar-refractivity contribution in [1.29, 1.82) is 0 Å². The van der Waals surface area contributed by atoms with Crippen LogP contribution in [0.2, 0.25) is 5.02 Å².